The summed E-state index contributed by atoms with van der Waals surface area (Å²) >= 11 is 0. The van der Waals surface area contributed by atoms with Crippen LogP contribution in [0, 0.1) is 0 Å². The maximum Gasteiger partial charge on any atom is 0.185 e. The number of carbonyl (C=O) groups is 1. The summed E-state index contributed by atoms with van der Waals surface area (Å²) in [6.07, 6.45) is 3.25. The lowest BCUT2D eigenvalue weighted by Gasteiger charge is -2.27. The molecule has 0 aliphatic carbocycles. The van der Waals surface area contributed by atoms with E-state index < -0.39 is 0 Å². The van der Waals surface area contributed by atoms with Crippen LogP contribution in [0.2, 0.25) is 0 Å². The van der Waals surface area contributed by atoms with Gasteiger partial charge in [-0.2, -0.15) is 0 Å². The minimum absolute atomic E-state index is 0.00815. The molecule has 0 atom stereocenters. The first-order valence-corrected chi connectivity index (χ1v) is 9.32. The number of methoxy groups -OCH3 is 1. The number of ether oxygens (including phenoxy) is 1. The molecule has 0 heterocycles. The first kappa shape index (κ1) is 21.5. The largest absolute Gasteiger partial charge is 0.507 e. The normalized spacial score (nSPS) is 12.4. The Morgan fingerprint density at radius 1 is 0.929 bits per heavy atom. The van der Waals surface area contributed by atoms with Gasteiger partial charge in [0, 0.05) is 16.7 Å². The number of benzene rings is 2. The Morgan fingerprint density at radius 3 is 1.93 bits per heavy atom. The van der Waals surface area contributed by atoms with Gasteiger partial charge in [0.05, 0.1) is 7.11 Å². The second-order valence-corrected chi connectivity index (χ2v) is 9.05. The Balaban J connectivity index is 2.46. The van der Waals surface area contributed by atoms with Crippen LogP contribution in [0.4, 0.5) is 0 Å². The predicted octanol–water partition coefficient (Wildman–Crippen LogP) is 5.60. The third kappa shape index (κ3) is 4.75. The molecule has 0 saturated heterocycles. The summed E-state index contributed by atoms with van der Waals surface area (Å²) in [6.45, 7) is 12.3. The van der Waals surface area contributed by atoms with E-state index in [1.165, 1.54) is 25.3 Å². The van der Waals surface area contributed by atoms with Crippen molar-refractivity contribution in [1.82, 2.24) is 0 Å². The lowest BCUT2D eigenvalue weighted by Crippen LogP contribution is -2.17. The van der Waals surface area contributed by atoms with E-state index >= 15 is 0 Å². The zero-order chi connectivity index (χ0) is 21.3. The average molecular weight is 383 g/mol. The summed E-state index contributed by atoms with van der Waals surface area (Å²) in [5.74, 6) is 0.368. The maximum absolute atomic E-state index is 12.6. The Hall–Kier alpha value is -2.75. The Bertz CT molecular complexity index is 874. The number of rotatable bonds is 4. The molecule has 0 amide bonds. The van der Waals surface area contributed by atoms with Gasteiger partial charge in [0.15, 0.2) is 17.3 Å². The van der Waals surface area contributed by atoms with E-state index in [-0.39, 0.29) is 28.1 Å². The van der Waals surface area contributed by atoms with Crippen molar-refractivity contribution in [2.75, 3.05) is 7.11 Å². The van der Waals surface area contributed by atoms with Gasteiger partial charge in [-0.15, -0.1) is 0 Å². The number of phenols is 2. The van der Waals surface area contributed by atoms with Gasteiger partial charge in [-0.3, -0.25) is 4.79 Å². The SMILES string of the molecule is COc1cc(C(=O)/C=C/c2cc(C(C)(C)C)c(O)c(C(C)(C)C)c2)ccc1O. The van der Waals surface area contributed by atoms with Gasteiger partial charge in [0.25, 0.3) is 0 Å². The van der Waals surface area contributed by atoms with Crippen molar-refractivity contribution in [2.24, 2.45) is 0 Å². The minimum Gasteiger partial charge on any atom is -0.507 e. The van der Waals surface area contributed by atoms with E-state index in [1.54, 1.807) is 12.1 Å². The number of ketones is 1. The number of hydrogen-bond acceptors (Lipinski definition) is 4. The molecule has 28 heavy (non-hydrogen) atoms. The molecule has 0 aliphatic rings. The maximum atomic E-state index is 12.6. The molecule has 2 aromatic carbocycles. The number of phenolic OH excluding ortho intramolecular Hbond substituents is 2. The summed E-state index contributed by atoms with van der Waals surface area (Å²) in [4.78, 5) is 12.6. The van der Waals surface area contributed by atoms with Crippen LogP contribution in [0.1, 0.15) is 68.6 Å². The molecule has 0 aliphatic heterocycles. The molecule has 2 aromatic rings. The average Bonchev–Trinajstić information content (AvgIpc) is 2.58. The van der Waals surface area contributed by atoms with Crippen LogP contribution < -0.4 is 4.74 Å². The minimum atomic E-state index is -0.234. The summed E-state index contributed by atoms with van der Waals surface area (Å²) in [5.41, 5.74) is 2.50. The molecule has 150 valence electrons. The summed E-state index contributed by atoms with van der Waals surface area (Å²) < 4.78 is 5.06. The smallest absolute Gasteiger partial charge is 0.185 e. The van der Waals surface area contributed by atoms with E-state index in [0.717, 1.165) is 16.7 Å². The highest BCUT2D eigenvalue weighted by molar-refractivity contribution is 6.07. The van der Waals surface area contributed by atoms with Crippen LogP contribution in [0.5, 0.6) is 17.2 Å². The van der Waals surface area contributed by atoms with Crippen LogP contribution in [0.3, 0.4) is 0 Å². The van der Waals surface area contributed by atoms with E-state index in [2.05, 4.69) is 41.5 Å². The first-order chi connectivity index (χ1) is 12.8. The molecule has 0 aromatic heterocycles. The molecule has 4 heteroatoms. The highest BCUT2D eigenvalue weighted by atomic mass is 16.5. The molecule has 2 rings (SSSR count). The predicted molar refractivity (Wildman–Crippen MR) is 114 cm³/mol. The van der Waals surface area contributed by atoms with Gasteiger partial charge in [0.2, 0.25) is 0 Å². The van der Waals surface area contributed by atoms with E-state index in [9.17, 15) is 15.0 Å². The van der Waals surface area contributed by atoms with Crippen LogP contribution in [0.25, 0.3) is 6.08 Å². The van der Waals surface area contributed by atoms with Gasteiger partial charge in [-0.05, 0) is 52.8 Å². The van der Waals surface area contributed by atoms with Crippen molar-refractivity contribution in [3.63, 3.8) is 0 Å². The van der Waals surface area contributed by atoms with Crippen LogP contribution in [0.15, 0.2) is 36.4 Å². The fourth-order valence-corrected chi connectivity index (χ4v) is 3.00. The van der Waals surface area contributed by atoms with Crippen molar-refractivity contribution >= 4 is 11.9 Å². The lowest BCUT2D eigenvalue weighted by molar-refractivity contribution is 0.104. The molecule has 0 unspecified atom stereocenters. The molecule has 0 saturated carbocycles. The fraction of sp³-hybridized carbons (Fsp3) is 0.375. The molecular weight excluding hydrogens is 352 g/mol. The van der Waals surface area contributed by atoms with Gasteiger partial charge in [0.1, 0.15) is 5.75 Å². The second-order valence-electron chi connectivity index (χ2n) is 9.05. The van der Waals surface area contributed by atoms with Gasteiger partial charge in [-0.1, -0.05) is 47.6 Å². The topological polar surface area (TPSA) is 66.8 Å². The first-order valence-electron chi connectivity index (χ1n) is 9.32. The standard InChI is InChI=1S/C24H30O4/c1-23(2,3)17-12-15(13-18(22(17)27)24(4,5)6)8-10-19(25)16-9-11-20(26)21(14-16)28-7/h8-14,26-27H,1-7H3/b10-8+. The second kappa shape index (κ2) is 7.70. The summed E-state index contributed by atoms with van der Waals surface area (Å²) in [7, 11) is 1.44. The van der Waals surface area contributed by atoms with E-state index in [0.29, 0.717) is 11.3 Å². The van der Waals surface area contributed by atoms with Crippen molar-refractivity contribution in [2.45, 2.75) is 52.4 Å². The van der Waals surface area contributed by atoms with Crippen molar-refractivity contribution < 1.29 is 19.7 Å². The summed E-state index contributed by atoms with van der Waals surface area (Å²) in [5, 5.41) is 20.5. The van der Waals surface area contributed by atoms with E-state index in [4.69, 9.17) is 4.74 Å². The highest BCUT2D eigenvalue weighted by Gasteiger charge is 2.26. The van der Waals surface area contributed by atoms with Crippen molar-refractivity contribution in [1.29, 1.82) is 0 Å². The third-order valence-corrected chi connectivity index (χ3v) is 4.64. The summed E-state index contributed by atoms with van der Waals surface area (Å²) in [6, 6.07) is 8.36. The van der Waals surface area contributed by atoms with E-state index in [1.807, 2.05) is 12.1 Å². The van der Waals surface area contributed by atoms with Gasteiger partial charge < -0.3 is 14.9 Å². The fourth-order valence-electron chi connectivity index (χ4n) is 3.00. The third-order valence-electron chi connectivity index (χ3n) is 4.64. The zero-order valence-corrected chi connectivity index (χ0v) is 17.8. The Labute approximate surface area is 167 Å². The van der Waals surface area contributed by atoms with Crippen LogP contribution >= 0.6 is 0 Å². The number of hydrogen-bond donors (Lipinski definition) is 2. The van der Waals surface area contributed by atoms with Crippen LogP contribution in [-0.2, 0) is 10.8 Å². The highest BCUT2D eigenvalue weighted by Crippen LogP contribution is 2.40. The molecule has 2 N–H and O–H groups in total. The molecule has 0 spiro atoms. The molecule has 0 fully saturated rings. The molecule has 0 bridgehead atoms. The molecule has 0 radical (unpaired) electrons. The van der Waals surface area contributed by atoms with Crippen LogP contribution in [-0.4, -0.2) is 23.1 Å². The lowest BCUT2D eigenvalue weighted by atomic mass is 9.78. The molecular formula is C24H30O4. The van der Waals surface area contributed by atoms with Crippen molar-refractivity contribution in [3.05, 3.63) is 58.7 Å². The van der Waals surface area contributed by atoms with Gasteiger partial charge in [-0.25, -0.2) is 0 Å². The quantitative estimate of drug-likeness (QED) is 0.534. The van der Waals surface area contributed by atoms with Gasteiger partial charge >= 0.3 is 0 Å². The monoisotopic (exact) mass is 382 g/mol. The Kier molecular flexibility index (Phi) is 5.93. The zero-order valence-electron chi connectivity index (χ0n) is 17.8. The molecule has 4 nitrogen and oxygen atoms in total. The number of aromatic hydroxyl groups is 2. The van der Waals surface area contributed by atoms with Crippen molar-refractivity contribution in [3.8, 4) is 17.2 Å². The number of allylic oxidation sites excluding steroid dienone is 1. The Morgan fingerprint density at radius 2 is 1.46 bits per heavy atom. The number of carbonyl (C=O) groups excluding carboxylic acids is 1.